The van der Waals surface area contributed by atoms with Crippen molar-refractivity contribution in [2.24, 2.45) is 4.99 Å². The van der Waals surface area contributed by atoms with Crippen LogP contribution in [0.5, 0.6) is 5.75 Å². The third-order valence-electron chi connectivity index (χ3n) is 2.15. The highest BCUT2D eigenvalue weighted by Gasteiger charge is 2.02. The zero-order valence-corrected chi connectivity index (χ0v) is 11.7. The summed E-state index contributed by atoms with van der Waals surface area (Å²) in [6.45, 7) is 0.460. The number of benzene rings is 1. The molecule has 94 valence electrons. The number of methoxy groups -OCH3 is 3. The second-order valence-corrected chi connectivity index (χ2v) is 4.24. The van der Waals surface area contributed by atoms with Crippen LogP contribution in [0.3, 0.4) is 0 Å². The monoisotopic (exact) mass is 301 g/mol. The molecular formula is C12H16BrNO3. The first-order valence-electron chi connectivity index (χ1n) is 5.09. The molecule has 0 aliphatic carbocycles. The van der Waals surface area contributed by atoms with Crippen molar-refractivity contribution in [2.75, 3.05) is 27.9 Å². The van der Waals surface area contributed by atoms with Crippen molar-refractivity contribution < 1.29 is 14.2 Å². The molecule has 0 aromatic heterocycles. The van der Waals surface area contributed by atoms with E-state index < -0.39 is 0 Å². The zero-order valence-electron chi connectivity index (χ0n) is 10.1. The highest BCUT2D eigenvalue weighted by Crippen LogP contribution is 2.20. The second-order valence-electron chi connectivity index (χ2n) is 3.32. The van der Waals surface area contributed by atoms with Crippen molar-refractivity contribution in [1.82, 2.24) is 0 Å². The Balaban J connectivity index is 2.67. The van der Waals surface area contributed by atoms with Gasteiger partial charge in [0.15, 0.2) is 6.29 Å². The minimum Gasteiger partial charge on any atom is -0.497 e. The summed E-state index contributed by atoms with van der Waals surface area (Å²) in [7, 11) is 4.81. The molecule has 17 heavy (non-hydrogen) atoms. The molecular weight excluding hydrogens is 286 g/mol. The fourth-order valence-electron chi connectivity index (χ4n) is 1.27. The summed E-state index contributed by atoms with van der Waals surface area (Å²) in [5, 5.41) is 0. The van der Waals surface area contributed by atoms with Gasteiger partial charge in [-0.2, -0.15) is 0 Å². The van der Waals surface area contributed by atoms with Crippen LogP contribution in [0.15, 0.2) is 27.7 Å². The minimum atomic E-state index is -0.305. The molecule has 0 fully saturated rings. The summed E-state index contributed by atoms with van der Waals surface area (Å²) in [6, 6.07) is 5.76. The Hall–Kier alpha value is -0.910. The molecule has 1 rings (SSSR count). The summed E-state index contributed by atoms with van der Waals surface area (Å²) in [6.07, 6.45) is 1.46. The van der Waals surface area contributed by atoms with Crippen LogP contribution in [0.2, 0.25) is 0 Å². The van der Waals surface area contributed by atoms with Gasteiger partial charge in [-0.1, -0.05) is 15.9 Å². The molecule has 0 saturated heterocycles. The van der Waals surface area contributed by atoms with Crippen LogP contribution in [0.4, 0.5) is 0 Å². The van der Waals surface area contributed by atoms with Crippen molar-refractivity contribution in [3.8, 4) is 5.75 Å². The van der Waals surface area contributed by atoms with Gasteiger partial charge in [0.25, 0.3) is 0 Å². The van der Waals surface area contributed by atoms with Crippen molar-refractivity contribution in [1.29, 1.82) is 0 Å². The van der Waals surface area contributed by atoms with Crippen molar-refractivity contribution in [3.05, 3.63) is 28.2 Å². The molecule has 0 amide bonds. The summed E-state index contributed by atoms with van der Waals surface area (Å²) >= 11 is 3.41. The van der Waals surface area contributed by atoms with Gasteiger partial charge < -0.3 is 14.2 Å². The van der Waals surface area contributed by atoms with Gasteiger partial charge >= 0.3 is 0 Å². The lowest BCUT2D eigenvalue weighted by Crippen LogP contribution is -2.16. The molecule has 1 aromatic carbocycles. The smallest absolute Gasteiger partial charge is 0.176 e. The van der Waals surface area contributed by atoms with Crippen molar-refractivity contribution in [2.45, 2.75) is 6.29 Å². The first-order chi connectivity index (χ1) is 8.19. The van der Waals surface area contributed by atoms with E-state index in [2.05, 4.69) is 20.9 Å². The van der Waals surface area contributed by atoms with Crippen LogP contribution in [0.1, 0.15) is 5.56 Å². The van der Waals surface area contributed by atoms with E-state index in [1.807, 2.05) is 18.2 Å². The van der Waals surface area contributed by atoms with Gasteiger partial charge in [0.2, 0.25) is 0 Å². The summed E-state index contributed by atoms with van der Waals surface area (Å²) in [5.41, 5.74) is 0.960. The van der Waals surface area contributed by atoms with E-state index in [1.54, 1.807) is 27.5 Å². The summed E-state index contributed by atoms with van der Waals surface area (Å²) in [5.74, 6) is 0.788. The summed E-state index contributed by atoms with van der Waals surface area (Å²) < 4.78 is 16.2. The Morgan fingerprint density at radius 2 is 1.94 bits per heavy atom. The number of hydrogen-bond donors (Lipinski definition) is 0. The molecule has 0 N–H and O–H groups in total. The number of aliphatic imine (C=N–C) groups is 1. The average molecular weight is 302 g/mol. The molecule has 1 aromatic rings. The SMILES string of the molecule is COc1cc(Br)cc(C=NCC(OC)OC)c1. The second kappa shape index (κ2) is 7.42. The number of halogens is 1. The Kier molecular flexibility index (Phi) is 6.18. The molecule has 0 radical (unpaired) electrons. The normalized spacial score (nSPS) is 11.4. The van der Waals surface area contributed by atoms with Crippen LogP contribution in [-0.4, -0.2) is 40.4 Å². The zero-order chi connectivity index (χ0) is 12.7. The fourth-order valence-corrected chi connectivity index (χ4v) is 1.76. The topological polar surface area (TPSA) is 40.0 Å². The maximum Gasteiger partial charge on any atom is 0.176 e. The lowest BCUT2D eigenvalue weighted by Gasteiger charge is -2.09. The van der Waals surface area contributed by atoms with Gasteiger partial charge in [-0.05, 0) is 23.8 Å². The Morgan fingerprint density at radius 3 is 2.53 bits per heavy atom. The molecule has 0 aliphatic heterocycles. The standard InChI is InChI=1S/C12H16BrNO3/c1-15-11-5-9(4-10(13)6-11)7-14-8-12(16-2)17-3/h4-7,12H,8H2,1-3H3. The maximum absolute atomic E-state index is 5.16. The van der Waals surface area contributed by atoms with Crippen molar-refractivity contribution in [3.63, 3.8) is 0 Å². The van der Waals surface area contributed by atoms with Crippen LogP contribution in [-0.2, 0) is 9.47 Å². The predicted octanol–water partition coefficient (Wildman–Crippen LogP) is 2.50. The molecule has 0 bridgehead atoms. The van der Waals surface area contributed by atoms with Gasteiger partial charge in [-0.25, -0.2) is 0 Å². The number of ether oxygens (including phenoxy) is 3. The summed E-state index contributed by atoms with van der Waals surface area (Å²) in [4.78, 5) is 4.25. The van der Waals surface area contributed by atoms with E-state index in [4.69, 9.17) is 14.2 Å². The van der Waals surface area contributed by atoms with E-state index in [9.17, 15) is 0 Å². The first kappa shape index (κ1) is 14.2. The predicted molar refractivity (Wildman–Crippen MR) is 71.0 cm³/mol. The fraction of sp³-hybridized carbons (Fsp3) is 0.417. The van der Waals surface area contributed by atoms with Crippen LogP contribution in [0, 0.1) is 0 Å². The number of nitrogens with zero attached hydrogens (tertiary/aromatic N) is 1. The minimum absolute atomic E-state index is 0.305. The van der Waals surface area contributed by atoms with Crippen molar-refractivity contribution >= 4 is 22.1 Å². The van der Waals surface area contributed by atoms with E-state index in [0.29, 0.717) is 6.54 Å². The average Bonchev–Trinajstić information content (AvgIpc) is 2.34. The lowest BCUT2D eigenvalue weighted by molar-refractivity contribution is -0.0936. The van der Waals surface area contributed by atoms with Gasteiger partial charge in [0.1, 0.15) is 5.75 Å². The Labute approximate surface area is 110 Å². The Morgan fingerprint density at radius 1 is 1.24 bits per heavy atom. The third kappa shape index (κ3) is 4.85. The van der Waals surface area contributed by atoms with Crippen LogP contribution >= 0.6 is 15.9 Å². The molecule has 0 spiro atoms. The first-order valence-corrected chi connectivity index (χ1v) is 5.89. The number of rotatable bonds is 6. The Bertz CT molecular complexity index is 378. The molecule has 0 aliphatic rings. The molecule has 5 heteroatoms. The molecule has 0 saturated carbocycles. The van der Waals surface area contributed by atoms with Gasteiger partial charge in [0.05, 0.1) is 13.7 Å². The van der Waals surface area contributed by atoms with E-state index in [1.165, 1.54) is 0 Å². The quantitative estimate of drug-likeness (QED) is 0.599. The van der Waals surface area contributed by atoms with Gasteiger partial charge in [0, 0.05) is 24.9 Å². The van der Waals surface area contributed by atoms with Crippen LogP contribution < -0.4 is 4.74 Å². The molecule has 0 heterocycles. The maximum atomic E-state index is 5.16. The molecule has 0 atom stereocenters. The molecule has 4 nitrogen and oxygen atoms in total. The van der Waals surface area contributed by atoms with E-state index >= 15 is 0 Å². The molecule has 0 unspecified atom stereocenters. The van der Waals surface area contributed by atoms with E-state index in [-0.39, 0.29) is 6.29 Å². The largest absolute Gasteiger partial charge is 0.497 e. The van der Waals surface area contributed by atoms with E-state index in [0.717, 1.165) is 15.8 Å². The lowest BCUT2D eigenvalue weighted by atomic mass is 10.2. The van der Waals surface area contributed by atoms with Gasteiger partial charge in [-0.3, -0.25) is 4.99 Å². The number of hydrogen-bond acceptors (Lipinski definition) is 4. The highest BCUT2D eigenvalue weighted by atomic mass is 79.9. The van der Waals surface area contributed by atoms with Crippen LogP contribution in [0.25, 0.3) is 0 Å². The van der Waals surface area contributed by atoms with Gasteiger partial charge in [-0.15, -0.1) is 0 Å². The highest BCUT2D eigenvalue weighted by molar-refractivity contribution is 9.10. The third-order valence-corrected chi connectivity index (χ3v) is 2.61.